The zero-order chi connectivity index (χ0) is 11.5. The normalized spacial score (nSPS) is 11.7. The van der Waals surface area contributed by atoms with Crippen molar-refractivity contribution in [2.45, 2.75) is 26.2 Å². The minimum absolute atomic E-state index is 0.0129. The van der Waals surface area contributed by atoms with E-state index in [2.05, 4.69) is 40.2 Å². The van der Waals surface area contributed by atoms with Crippen LogP contribution in [0.15, 0.2) is 12.4 Å². The first-order valence-corrected chi connectivity index (χ1v) is 8.73. The number of hydrogen-bond acceptors (Lipinski definition) is 4. The average Bonchev–Trinajstić information content (AvgIpc) is 2.63. The van der Waals surface area contributed by atoms with E-state index in [-0.39, 0.29) is 10.5 Å². The highest BCUT2D eigenvalue weighted by Crippen LogP contribution is 2.28. The predicted octanol–water partition coefficient (Wildman–Crippen LogP) is 3.29. The summed E-state index contributed by atoms with van der Waals surface area (Å²) >= 11 is 3.55. The number of carbonyl (C=O) groups is 1. The Morgan fingerprint density at radius 3 is 2.80 bits per heavy atom. The molecule has 0 radical (unpaired) electrons. The summed E-state index contributed by atoms with van der Waals surface area (Å²) in [7, 11) is 1.53. The molecule has 0 atom stereocenters. The lowest BCUT2D eigenvalue weighted by Gasteiger charge is -2.21. The van der Waals surface area contributed by atoms with E-state index in [0.29, 0.717) is 0 Å². The standard InChI is InChI=1S/C9H13IN2OS2/c1-7(13)14-6-9(2,3)8-4-11-12(5-8)15-10/h4-5H,6H2,1-3H3. The molecular formula is C9H13IN2OS2. The number of hydrogen-bond donors (Lipinski definition) is 0. The van der Waals surface area contributed by atoms with Crippen LogP contribution in [0.3, 0.4) is 0 Å². The maximum Gasteiger partial charge on any atom is 0.185 e. The molecule has 1 rings (SSSR count). The van der Waals surface area contributed by atoms with Gasteiger partial charge in [-0.25, -0.2) is 4.09 Å². The molecule has 1 heterocycles. The highest BCUT2D eigenvalue weighted by Gasteiger charge is 2.23. The van der Waals surface area contributed by atoms with Gasteiger partial charge in [-0.2, -0.15) is 5.10 Å². The number of aromatic nitrogens is 2. The van der Waals surface area contributed by atoms with E-state index in [1.54, 1.807) is 6.92 Å². The summed E-state index contributed by atoms with van der Waals surface area (Å²) in [6, 6.07) is 0. The fraction of sp³-hybridized carbons (Fsp3) is 0.556. The smallest absolute Gasteiger partial charge is 0.185 e. The predicted molar refractivity (Wildman–Crippen MR) is 75.4 cm³/mol. The van der Waals surface area contributed by atoms with E-state index >= 15 is 0 Å². The van der Waals surface area contributed by atoms with Crippen molar-refractivity contribution < 1.29 is 4.79 Å². The van der Waals surface area contributed by atoms with Gasteiger partial charge >= 0.3 is 0 Å². The number of nitrogens with zero attached hydrogens (tertiary/aromatic N) is 2. The fourth-order valence-corrected chi connectivity index (χ4v) is 2.67. The third-order valence-electron chi connectivity index (χ3n) is 2.05. The zero-order valence-corrected chi connectivity index (χ0v) is 12.6. The maximum absolute atomic E-state index is 10.9. The molecule has 0 N–H and O–H groups in total. The maximum atomic E-state index is 10.9. The van der Waals surface area contributed by atoms with Gasteiger partial charge in [0, 0.05) is 54.6 Å². The van der Waals surface area contributed by atoms with Gasteiger partial charge in [-0.15, -0.1) is 0 Å². The first kappa shape index (κ1) is 13.4. The molecule has 0 aliphatic heterocycles. The third-order valence-corrected chi connectivity index (χ3v) is 4.87. The molecule has 0 saturated heterocycles. The van der Waals surface area contributed by atoms with Crippen LogP contribution in [0.5, 0.6) is 0 Å². The first-order chi connectivity index (χ1) is 6.95. The molecule has 0 amide bonds. The third kappa shape index (κ3) is 3.99. The van der Waals surface area contributed by atoms with E-state index in [9.17, 15) is 4.79 Å². The largest absolute Gasteiger partial charge is 0.288 e. The highest BCUT2D eigenvalue weighted by molar-refractivity contribution is 14.2. The molecule has 6 heteroatoms. The van der Waals surface area contributed by atoms with E-state index in [0.717, 1.165) is 5.75 Å². The Labute approximate surface area is 110 Å². The van der Waals surface area contributed by atoms with Crippen molar-refractivity contribution >= 4 is 47.2 Å². The second kappa shape index (κ2) is 5.58. The Morgan fingerprint density at radius 2 is 2.33 bits per heavy atom. The van der Waals surface area contributed by atoms with Crippen LogP contribution in [0.4, 0.5) is 0 Å². The molecule has 1 aromatic heterocycles. The van der Waals surface area contributed by atoms with Crippen molar-refractivity contribution in [3.63, 3.8) is 0 Å². The summed E-state index contributed by atoms with van der Waals surface area (Å²) < 4.78 is 1.82. The quantitative estimate of drug-likeness (QED) is 0.776. The Kier molecular flexibility index (Phi) is 4.98. The second-order valence-corrected chi connectivity index (χ2v) is 6.71. The molecule has 1 aromatic rings. The fourth-order valence-electron chi connectivity index (χ4n) is 1.06. The summed E-state index contributed by atoms with van der Waals surface area (Å²) in [6.07, 6.45) is 3.88. The summed E-state index contributed by atoms with van der Waals surface area (Å²) in [4.78, 5) is 10.9. The lowest BCUT2D eigenvalue weighted by Crippen LogP contribution is -2.20. The summed E-state index contributed by atoms with van der Waals surface area (Å²) in [6.45, 7) is 5.86. The lowest BCUT2D eigenvalue weighted by molar-refractivity contribution is -0.109. The van der Waals surface area contributed by atoms with Gasteiger partial charge in [0.15, 0.2) is 5.12 Å². The molecule has 0 aliphatic carbocycles. The summed E-state index contributed by atoms with van der Waals surface area (Å²) in [5.41, 5.74) is 1.15. The van der Waals surface area contributed by atoms with Gasteiger partial charge < -0.3 is 0 Å². The Balaban J connectivity index is 2.71. The Morgan fingerprint density at radius 1 is 1.67 bits per heavy atom. The van der Waals surface area contributed by atoms with E-state index in [1.165, 1.54) is 26.4 Å². The van der Waals surface area contributed by atoms with Gasteiger partial charge in [-0.3, -0.25) is 4.79 Å². The molecule has 0 saturated carbocycles. The monoisotopic (exact) mass is 356 g/mol. The van der Waals surface area contributed by atoms with Gasteiger partial charge in [0.2, 0.25) is 0 Å². The molecule has 0 fully saturated rings. The van der Waals surface area contributed by atoms with Crippen LogP contribution < -0.4 is 0 Å². The topological polar surface area (TPSA) is 34.9 Å². The molecule has 0 bridgehead atoms. The van der Waals surface area contributed by atoms with Crippen LogP contribution in [0.1, 0.15) is 26.3 Å². The summed E-state index contributed by atoms with van der Waals surface area (Å²) in [5, 5.41) is 4.37. The molecular weight excluding hydrogens is 343 g/mol. The average molecular weight is 356 g/mol. The van der Waals surface area contributed by atoms with Crippen molar-refractivity contribution in [1.29, 1.82) is 0 Å². The second-order valence-electron chi connectivity index (χ2n) is 3.86. The lowest BCUT2D eigenvalue weighted by atomic mass is 9.89. The molecule has 0 aliphatic rings. The minimum Gasteiger partial charge on any atom is -0.288 e. The minimum atomic E-state index is -0.0129. The summed E-state index contributed by atoms with van der Waals surface area (Å²) in [5.74, 6) is 0.792. The first-order valence-electron chi connectivity index (χ1n) is 4.43. The number of thioether (sulfide) groups is 1. The van der Waals surface area contributed by atoms with Gasteiger partial charge in [-0.05, 0) is 5.56 Å². The van der Waals surface area contributed by atoms with Crippen molar-refractivity contribution in [3.8, 4) is 0 Å². The van der Waals surface area contributed by atoms with Gasteiger partial charge in [0.25, 0.3) is 0 Å². The highest BCUT2D eigenvalue weighted by atomic mass is 127. The van der Waals surface area contributed by atoms with E-state index < -0.39 is 0 Å². The van der Waals surface area contributed by atoms with Crippen LogP contribution in [0.2, 0.25) is 0 Å². The SMILES string of the molecule is CC(=O)SCC(C)(C)c1cnn(SI)c1. The zero-order valence-electron chi connectivity index (χ0n) is 8.86. The molecule has 15 heavy (non-hydrogen) atoms. The van der Waals surface area contributed by atoms with Crippen LogP contribution in [-0.4, -0.2) is 20.1 Å². The molecule has 3 nitrogen and oxygen atoms in total. The van der Waals surface area contributed by atoms with Crippen molar-refractivity contribution in [2.24, 2.45) is 0 Å². The van der Waals surface area contributed by atoms with Crippen LogP contribution in [-0.2, 0) is 10.2 Å². The van der Waals surface area contributed by atoms with Gasteiger partial charge in [-0.1, -0.05) is 25.6 Å². The Hall–Kier alpha value is 0.310. The molecule has 0 spiro atoms. The molecule has 0 unspecified atom stereocenters. The number of carbonyl (C=O) groups excluding carboxylic acids is 1. The van der Waals surface area contributed by atoms with Gasteiger partial charge in [0.1, 0.15) is 0 Å². The van der Waals surface area contributed by atoms with Crippen molar-refractivity contribution in [3.05, 3.63) is 18.0 Å². The molecule has 84 valence electrons. The Bertz CT molecular complexity index is 352. The van der Waals surface area contributed by atoms with Crippen molar-refractivity contribution in [1.82, 2.24) is 9.19 Å². The van der Waals surface area contributed by atoms with Gasteiger partial charge in [0.05, 0.1) is 6.20 Å². The van der Waals surface area contributed by atoms with Crippen LogP contribution in [0.25, 0.3) is 0 Å². The van der Waals surface area contributed by atoms with Crippen LogP contribution in [0, 0.1) is 0 Å². The number of rotatable bonds is 4. The van der Waals surface area contributed by atoms with E-state index in [4.69, 9.17) is 0 Å². The molecule has 0 aromatic carbocycles. The van der Waals surface area contributed by atoms with Crippen molar-refractivity contribution in [2.75, 3.05) is 5.75 Å². The number of halogens is 1. The van der Waals surface area contributed by atoms with E-state index in [1.807, 2.05) is 16.5 Å². The van der Waals surface area contributed by atoms with Crippen LogP contribution >= 0.6 is 42.1 Å².